The van der Waals surface area contributed by atoms with Crippen molar-refractivity contribution < 1.29 is 14.8 Å². The summed E-state index contributed by atoms with van der Waals surface area (Å²) in [7, 11) is 0.0483. The summed E-state index contributed by atoms with van der Waals surface area (Å²) in [6.45, 7) is 3.12. The van der Waals surface area contributed by atoms with Gasteiger partial charge in [0.25, 0.3) is 0 Å². The zero-order valence-corrected chi connectivity index (χ0v) is 10.8. The minimum absolute atomic E-state index is 0.437. The number of rotatable bonds is 4. The quantitative estimate of drug-likeness (QED) is 0.756. The molecule has 1 aromatic carbocycles. The first kappa shape index (κ1) is 13.4. The fraction of sp³-hybridized carbons (Fsp3) is 0.538. The molecule has 0 aliphatic carbocycles. The van der Waals surface area contributed by atoms with Crippen molar-refractivity contribution in [2.24, 2.45) is 0 Å². The predicted molar refractivity (Wildman–Crippen MR) is 71.9 cm³/mol. The van der Waals surface area contributed by atoms with Crippen molar-refractivity contribution in [3.63, 3.8) is 0 Å². The SMILES string of the molecule is COc1ccc(CN2CCCCC2)cc1B(O)O. The van der Waals surface area contributed by atoms with Gasteiger partial charge in [0.2, 0.25) is 0 Å². The smallest absolute Gasteiger partial charge is 0.492 e. The molecule has 1 aromatic rings. The third kappa shape index (κ3) is 3.25. The van der Waals surface area contributed by atoms with Gasteiger partial charge in [-0.1, -0.05) is 18.6 Å². The first-order chi connectivity index (χ1) is 8.70. The van der Waals surface area contributed by atoms with Crippen molar-refractivity contribution in [2.75, 3.05) is 20.2 Å². The number of piperidine rings is 1. The molecule has 1 aliphatic rings. The Morgan fingerprint density at radius 2 is 1.94 bits per heavy atom. The van der Waals surface area contributed by atoms with Gasteiger partial charge in [-0.2, -0.15) is 0 Å². The Bertz CT molecular complexity index is 392. The van der Waals surface area contributed by atoms with Gasteiger partial charge < -0.3 is 14.8 Å². The zero-order valence-electron chi connectivity index (χ0n) is 10.8. The highest BCUT2D eigenvalue weighted by Crippen LogP contribution is 2.15. The van der Waals surface area contributed by atoms with E-state index < -0.39 is 7.12 Å². The standard InChI is InChI=1S/C13H20BNO3/c1-18-13-6-5-11(9-12(13)14(16)17)10-15-7-3-2-4-8-15/h5-6,9,16-17H,2-4,7-8,10H2,1H3. The van der Waals surface area contributed by atoms with Gasteiger partial charge in [-0.15, -0.1) is 0 Å². The molecule has 1 heterocycles. The molecule has 2 rings (SSSR count). The van der Waals surface area contributed by atoms with Crippen molar-refractivity contribution >= 4 is 12.6 Å². The third-order valence-electron chi connectivity index (χ3n) is 3.43. The molecular formula is C13H20BNO3. The summed E-state index contributed by atoms with van der Waals surface area (Å²) < 4.78 is 5.12. The lowest BCUT2D eigenvalue weighted by Gasteiger charge is -2.26. The molecule has 0 saturated carbocycles. The Morgan fingerprint density at radius 3 is 2.56 bits per heavy atom. The van der Waals surface area contributed by atoms with Crippen LogP contribution in [-0.2, 0) is 6.54 Å². The molecule has 2 N–H and O–H groups in total. The van der Waals surface area contributed by atoms with Gasteiger partial charge >= 0.3 is 7.12 Å². The van der Waals surface area contributed by atoms with E-state index in [0.29, 0.717) is 11.2 Å². The summed E-state index contributed by atoms with van der Waals surface area (Å²) in [5.41, 5.74) is 1.54. The van der Waals surface area contributed by atoms with E-state index in [-0.39, 0.29) is 0 Å². The van der Waals surface area contributed by atoms with Crippen molar-refractivity contribution in [1.29, 1.82) is 0 Å². The Hall–Kier alpha value is -1.04. The fourth-order valence-corrected chi connectivity index (χ4v) is 2.46. The van der Waals surface area contributed by atoms with Gasteiger partial charge in [0, 0.05) is 12.0 Å². The lowest BCUT2D eigenvalue weighted by Crippen LogP contribution is -2.33. The molecule has 0 amide bonds. The zero-order chi connectivity index (χ0) is 13.0. The van der Waals surface area contributed by atoms with E-state index in [2.05, 4.69) is 4.90 Å². The largest absolute Gasteiger partial charge is 0.497 e. The van der Waals surface area contributed by atoms with Crippen LogP contribution in [0.25, 0.3) is 0 Å². The van der Waals surface area contributed by atoms with Crippen LogP contribution in [0.1, 0.15) is 24.8 Å². The van der Waals surface area contributed by atoms with Crippen LogP contribution in [0, 0.1) is 0 Å². The van der Waals surface area contributed by atoms with E-state index in [4.69, 9.17) is 4.74 Å². The van der Waals surface area contributed by atoms with Gasteiger partial charge in [0.1, 0.15) is 5.75 Å². The molecule has 1 saturated heterocycles. The van der Waals surface area contributed by atoms with E-state index in [1.54, 1.807) is 6.07 Å². The average Bonchev–Trinajstić information content (AvgIpc) is 2.40. The number of nitrogens with zero attached hydrogens (tertiary/aromatic N) is 1. The van der Waals surface area contributed by atoms with Crippen molar-refractivity contribution in [3.05, 3.63) is 23.8 Å². The Morgan fingerprint density at radius 1 is 1.22 bits per heavy atom. The van der Waals surface area contributed by atoms with Gasteiger partial charge in [-0.3, -0.25) is 4.90 Å². The molecule has 0 spiro atoms. The van der Waals surface area contributed by atoms with Gasteiger partial charge in [-0.05, 0) is 37.6 Å². The summed E-state index contributed by atoms with van der Waals surface area (Å²) in [6, 6.07) is 5.60. The van der Waals surface area contributed by atoms with Crippen LogP contribution in [0.15, 0.2) is 18.2 Å². The van der Waals surface area contributed by atoms with Crippen molar-refractivity contribution in [2.45, 2.75) is 25.8 Å². The maximum Gasteiger partial charge on any atom is 0.492 e. The summed E-state index contributed by atoms with van der Waals surface area (Å²) in [5, 5.41) is 18.7. The number of benzene rings is 1. The van der Waals surface area contributed by atoms with Crippen LogP contribution in [-0.4, -0.2) is 42.3 Å². The molecule has 0 aromatic heterocycles. The van der Waals surface area contributed by atoms with E-state index in [1.165, 1.54) is 26.4 Å². The lowest BCUT2D eigenvalue weighted by atomic mass is 9.78. The lowest BCUT2D eigenvalue weighted by molar-refractivity contribution is 0.221. The Balaban J connectivity index is 2.10. The van der Waals surface area contributed by atoms with Crippen LogP contribution in [0.4, 0.5) is 0 Å². The van der Waals surface area contributed by atoms with Gasteiger partial charge in [-0.25, -0.2) is 0 Å². The van der Waals surface area contributed by atoms with Crippen molar-refractivity contribution in [3.8, 4) is 5.75 Å². The second-order valence-corrected chi connectivity index (χ2v) is 4.79. The molecule has 0 bridgehead atoms. The second-order valence-electron chi connectivity index (χ2n) is 4.79. The molecule has 4 nitrogen and oxygen atoms in total. The molecule has 0 radical (unpaired) electrons. The minimum Gasteiger partial charge on any atom is -0.497 e. The highest BCUT2D eigenvalue weighted by molar-refractivity contribution is 6.59. The van der Waals surface area contributed by atoms with Crippen molar-refractivity contribution in [1.82, 2.24) is 4.90 Å². The van der Waals surface area contributed by atoms with E-state index in [9.17, 15) is 10.0 Å². The van der Waals surface area contributed by atoms with E-state index in [0.717, 1.165) is 25.2 Å². The number of ether oxygens (including phenoxy) is 1. The molecular weight excluding hydrogens is 229 g/mol. The third-order valence-corrected chi connectivity index (χ3v) is 3.43. The normalized spacial score (nSPS) is 16.6. The Kier molecular flexibility index (Phi) is 4.63. The number of methoxy groups -OCH3 is 1. The molecule has 18 heavy (non-hydrogen) atoms. The van der Waals surface area contributed by atoms with Crippen LogP contribution < -0.4 is 10.2 Å². The molecule has 5 heteroatoms. The fourth-order valence-electron chi connectivity index (χ4n) is 2.46. The van der Waals surface area contributed by atoms with Crippen LogP contribution in [0.2, 0.25) is 0 Å². The summed E-state index contributed by atoms with van der Waals surface area (Å²) in [4.78, 5) is 2.40. The molecule has 1 fully saturated rings. The van der Waals surface area contributed by atoms with Crippen LogP contribution in [0.3, 0.4) is 0 Å². The highest BCUT2D eigenvalue weighted by atomic mass is 16.5. The molecule has 0 unspecified atom stereocenters. The topological polar surface area (TPSA) is 52.9 Å². The number of hydrogen-bond donors (Lipinski definition) is 2. The highest BCUT2D eigenvalue weighted by Gasteiger charge is 2.18. The summed E-state index contributed by atoms with van der Waals surface area (Å²) in [6.07, 6.45) is 3.83. The maximum absolute atomic E-state index is 9.33. The minimum atomic E-state index is -1.48. The molecule has 0 atom stereocenters. The van der Waals surface area contributed by atoms with Gasteiger partial charge in [0.15, 0.2) is 0 Å². The monoisotopic (exact) mass is 249 g/mol. The van der Waals surface area contributed by atoms with Gasteiger partial charge in [0.05, 0.1) is 7.11 Å². The number of hydrogen-bond acceptors (Lipinski definition) is 4. The molecule has 1 aliphatic heterocycles. The summed E-state index contributed by atoms with van der Waals surface area (Å²) >= 11 is 0. The first-order valence-electron chi connectivity index (χ1n) is 6.46. The molecule has 98 valence electrons. The summed E-state index contributed by atoms with van der Waals surface area (Å²) in [5.74, 6) is 0.521. The predicted octanol–water partition coefficient (Wildman–Crippen LogP) is 0.361. The average molecular weight is 249 g/mol. The maximum atomic E-state index is 9.33. The first-order valence-corrected chi connectivity index (χ1v) is 6.46. The Labute approximate surface area is 108 Å². The van der Waals surface area contributed by atoms with E-state index >= 15 is 0 Å². The van der Waals surface area contributed by atoms with Crippen LogP contribution in [0.5, 0.6) is 5.75 Å². The van der Waals surface area contributed by atoms with Crippen LogP contribution >= 0.6 is 0 Å². The van der Waals surface area contributed by atoms with E-state index in [1.807, 2.05) is 12.1 Å². The number of likely N-dealkylation sites (tertiary alicyclic amines) is 1. The second kappa shape index (κ2) is 6.23.